The number of ether oxygens (including phenoxy) is 1. The van der Waals surface area contributed by atoms with Crippen LogP contribution in [-0.4, -0.2) is 66.1 Å². The van der Waals surface area contributed by atoms with E-state index in [2.05, 4.69) is 10.2 Å². The molecule has 0 aromatic heterocycles. The number of amides is 1. The number of carbonyl (C=O) groups excluding carboxylic acids is 1. The van der Waals surface area contributed by atoms with Crippen molar-refractivity contribution in [1.29, 1.82) is 0 Å². The number of nitrogens with zero attached hydrogens (tertiary/aromatic N) is 2. The minimum absolute atomic E-state index is 0. The number of hydrogen-bond donors (Lipinski definition) is 2. The van der Waals surface area contributed by atoms with Crippen LogP contribution in [0.5, 0.6) is 11.5 Å². The van der Waals surface area contributed by atoms with Gasteiger partial charge in [0.2, 0.25) is 5.91 Å². The fourth-order valence-electron chi connectivity index (χ4n) is 3.50. The Morgan fingerprint density at radius 2 is 1.67 bits per heavy atom. The van der Waals surface area contributed by atoms with E-state index in [0.29, 0.717) is 12.3 Å². The summed E-state index contributed by atoms with van der Waals surface area (Å²) < 4.78 is 5.75. The van der Waals surface area contributed by atoms with Crippen molar-refractivity contribution >= 4 is 30.0 Å². The molecule has 1 saturated heterocycles. The van der Waals surface area contributed by atoms with Crippen LogP contribution in [0.2, 0.25) is 0 Å². The van der Waals surface area contributed by atoms with E-state index in [4.69, 9.17) is 9.84 Å². The van der Waals surface area contributed by atoms with E-state index in [-0.39, 0.29) is 30.9 Å². The van der Waals surface area contributed by atoms with Crippen LogP contribution in [0.25, 0.3) is 0 Å². The Kier molecular flexibility index (Phi) is 9.11. The van der Waals surface area contributed by atoms with E-state index >= 15 is 0 Å². The number of carboxylic acid groups (broad SMARTS) is 1. The Morgan fingerprint density at radius 3 is 2.27 bits per heavy atom. The van der Waals surface area contributed by atoms with E-state index in [1.54, 1.807) is 0 Å². The summed E-state index contributed by atoms with van der Waals surface area (Å²) in [6.45, 7) is 1.95. The Hall–Kier alpha value is -2.61. The Bertz CT molecular complexity index is 809. The summed E-state index contributed by atoms with van der Waals surface area (Å²) >= 11 is 0. The van der Waals surface area contributed by atoms with Crippen molar-refractivity contribution in [2.45, 2.75) is 18.9 Å². The molecular weight excluding hydrogens is 406 g/mol. The van der Waals surface area contributed by atoms with Crippen LogP contribution in [0, 0.1) is 0 Å². The fraction of sp³-hybridized carbons (Fsp3) is 0.364. The van der Waals surface area contributed by atoms with Crippen LogP contribution in [0.3, 0.4) is 0 Å². The lowest BCUT2D eigenvalue weighted by Crippen LogP contribution is -2.46. The number of anilines is 1. The molecule has 1 amide bonds. The van der Waals surface area contributed by atoms with Gasteiger partial charge in [-0.3, -0.25) is 19.4 Å². The molecule has 0 bridgehead atoms. The predicted molar refractivity (Wildman–Crippen MR) is 119 cm³/mol. The monoisotopic (exact) mass is 433 g/mol. The number of likely N-dealkylation sites (N-methyl/N-ethyl adjacent to an activating group) is 1. The average Bonchev–Trinajstić information content (AvgIpc) is 2.70. The van der Waals surface area contributed by atoms with E-state index in [1.165, 1.54) is 0 Å². The molecule has 2 aromatic carbocycles. The van der Waals surface area contributed by atoms with E-state index < -0.39 is 5.97 Å². The first kappa shape index (κ1) is 23.7. The number of carbonyl (C=O) groups is 2. The van der Waals surface area contributed by atoms with Gasteiger partial charge >= 0.3 is 5.97 Å². The van der Waals surface area contributed by atoms with Gasteiger partial charge in [-0.2, -0.15) is 0 Å². The third kappa shape index (κ3) is 7.33. The Balaban J connectivity index is 0.00000320. The van der Waals surface area contributed by atoms with Gasteiger partial charge < -0.3 is 15.2 Å². The number of likely N-dealkylation sites (tertiary alicyclic amines) is 1. The molecule has 1 aliphatic heterocycles. The van der Waals surface area contributed by atoms with Crippen molar-refractivity contribution in [2.75, 3.05) is 38.5 Å². The lowest BCUT2D eigenvalue weighted by atomic mass is 10.0. The number of halogens is 1. The van der Waals surface area contributed by atoms with Crippen LogP contribution >= 0.6 is 12.4 Å². The molecule has 0 spiro atoms. The average molecular weight is 434 g/mol. The van der Waals surface area contributed by atoms with Crippen molar-refractivity contribution < 1.29 is 19.4 Å². The summed E-state index contributed by atoms with van der Waals surface area (Å²) in [5.41, 5.74) is 0.728. The number of nitrogens with one attached hydrogen (secondary N) is 1. The lowest BCUT2D eigenvalue weighted by molar-refractivity contribution is -0.138. The molecule has 0 radical (unpaired) electrons. The number of benzene rings is 2. The number of aliphatic carboxylic acids is 1. The molecule has 2 aromatic rings. The van der Waals surface area contributed by atoms with Crippen LogP contribution in [-0.2, 0) is 9.59 Å². The molecule has 1 aliphatic rings. The van der Waals surface area contributed by atoms with Crippen LogP contribution in [0.1, 0.15) is 12.8 Å². The second kappa shape index (κ2) is 11.5. The van der Waals surface area contributed by atoms with Crippen LogP contribution in [0.4, 0.5) is 5.69 Å². The van der Waals surface area contributed by atoms with Gasteiger partial charge in [-0.1, -0.05) is 18.2 Å². The van der Waals surface area contributed by atoms with Gasteiger partial charge in [0.05, 0.1) is 13.1 Å². The maximum atomic E-state index is 12.3. The first-order chi connectivity index (χ1) is 14.0. The predicted octanol–water partition coefficient (Wildman–Crippen LogP) is 3.32. The molecule has 0 saturated carbocycles. The first-order valence-corrected chi connectivity index (χ1v) is 9.77. The summed E-state index contributed by atoms with van der Waals surface area (Å²) in [4.78, 5) is 27.2. The number of rotatable bonds is 8. The second-order valence-electron chi connectivity index (χ2n) is 7.30. The van der Waals surface area contributed by atoms with Gasteiger partial charge in [-0.25, -0.2) is 0 Å². The van der Waals surface area contributed by atoms with Gasteiger partial charge in [0.25, 0.3) is 0 Å². The summed E-state index contributed by atoms with van der Waals surface area (Å²) in [5, 5.41) is 11.8. The number of piperidine rings is 1. The van der Waals surface area contributed by atoms with E-state index in [9.17, 15) is 9.59 Å². The summed E-state index contributed by atoms with van der Waals surface area (Å²) in [6, 6.07) is 17.1. The molecule has 8 heteroatoms. The van der Waals surface area contributed by atoms with Crippen molar-refractivity contribution in [3.63, 3.8) is 0 Å². The molecule has 30 heavy (non-hydrogen) atoms. The molecule has 1 heterocycles. The minimum atomic E-state index is -0.811. The molecule has 162 valence electrons. The zero-order chi connectivity index (χ0) is 20.6. The summed E-state index contributed by atoms with van der Waals surface area (Å²) in [5.74, 6) is 0.608. The molecule has 0 aliphatic carbocycles. The molecule has 7 nitrogen and oxygen atoms in total. The quantitative estimate of drug-likeness (QED) is 0.664. The molecule has 0 atom stereocenters. The van der Waals surface area contributed by atoms with Crippen molar-refractivity contribution in [1.82, 2.24) is 9.80 Å². The SMILES string of the molecule is CN(CC(=O)O)C1CCN(CC(=O)Nc2ccc(Oc3ccccc3)cc2)CC1.Cl. The summed E-state index contributed by atoms with van der Waals surface area (Å²) in [6.07, 6.45) is 1.73. The molecular formula is C22H28ClN3O4. The highest BCUT2D eigenvalue weighted by Gasteiger charge is 2.24. The Morgan fingerprint density at radius 1 is 1.07 bits per heavy atom. The second-order valence-corrected chi connectivity index (χ2v) is 7.30. The highest BCUT2D eigenvalue weighted by atomic mass is 35.5. The van der Waals surface area contributed by atoms with E-state index in [0.717, 1.165) is 37.4 Å². The summed E-state index contributed by atoms with van der Waals surface area (Å²) in [7, 11) is 1.84. The van der Waals surface area contributed by atoms with Gasteiger partial charge in [-0.05, 0) is 56.3 Å². The largest absolute Gasteiger partial charge is 0.480 e. The molecule has 0 unspecified atom stereocenters. The third-order valence-electron chi connectivity index (χ3n) is 5.05. The number of carboxylic acids is 1. The maximum Gasteiger partial charge on any atom is 0.317 e. The van der Waals surface area contributed by atoms with Crippen molar-refractivity contribution in [3.05, 3.63) is 54.6 Å². The van der Waals surface area contributed by atoms with Crippen molar-refractivity contribution in [3.8, 4) is 11.5 Å². The van der Waals surface area contributed by atoms with E-state index in [1.807, 2.05) is 66.5 Å². The smallest absolute Gasteiger partial charge is 0.317 e. The Labute approximate surface area is 183 Å². The molecule has 3 rings (SSSR count). The number of hydrogen-bond acceptors (Lipinski definition) is 5. The standard InChI is InChI=1S/C22H27N3O4.ClH/c1-24(16-22(27)28)18-11-13-25(14-12-18)15-21(26)23-17-7-9-20(10-8-17)29-19-5-3-2-4-6-19;/h2-10,18H,11-16H2,1H3,(H,23,26)(H,27,28);1H. The zero-order valence-corrected chi connectivity index (χ0v) is 17.8. The van der Waals surface area contributed by atoms with Crippen molar-refractivity contribution in [2.24, 2.45) is 0 Å². The topological polar surface area (TPSA) is 82.1 Å². The third-order valence-corrected chi connectivity index (χ3v) is 5.05. The molecule has 2 N–H and O–H groups in total. The number of para-hydroxylation sites is 1. The van der Waals surface area contributed by atoms with Crippen LogP contribution in [0.15, 0.2) is 54.6 Å². The normalized spacial score (nSPS) is 14.7. The highest BCUT2D eigenvalue weighted by molar-refractivity contribution is 5.92. The van der Waals surface area contributed by atoms with Gasteiger partial charge in [0.1, 0.15) is 11.5 Å². The highest BCUT2D eigenvalue weighted by Crippen LogP contribution is 2.22. The van der Waals surface area contributed by atoms with Gasteiger partial charge in [-0.15, -0.1) is 12.4 Å². The minimum Gasteiger partial charge on any atom is -0.480 e. The molecule has 1 fully saturated rings. The lowest BCUT2D eigenvalue weighted by Gasteiger charge is -2.35. The van der Waals surface area contributed by atoms with Crippen LogP contribution < -0.4 is 10.1 Å². The van der Waals surface area contributed by atoms with Gasteiger partial charge in [0.15, 0.2) is 0 Å². The first-order valence-electron chi connectivity index (χ1n) is 9.77. The fourth-order valence-corrected chi connectivity index (χ4v) is 3.50. The van der Waals surface area contributed by atoms with Gasteiger partial charge in [0, 0.05) is 24.8 Å². The maximum absolute atomic E-state index is 12.3. The zero-order valence-electron chi connectivity index (χ0n) is 17.0.